The summed E-state index contributed by atoms with van der Waals surface area (Å²) in [6, 6.07) is 0. The fourth-order valence-electron chi connectivity index (χ4n) is 2.45. The second-order valence-corrected chi connectivity index (χ2v) is 6.93. The molecule has 2 unspecified atom stereocenters. The van der Waals surface area contributed by atoms with Gasteiger partial charge < -0.3 is 10.1 Å². The van der Waals surface area contributed by atoms with E-state index in [1.54, 1.807) is 0 Å². The molecule has 0 heterocycles. The van der Waals surface area contributed by atoms with E-state index in [9.17, 15) is 4.79 Å². The third kappa shape index (κ3) is 4.16. The van der Waals surface area contributed by atoms with Crippen LogP contribution < -0.4 is 5.32 Å². The smallest absolute Gasteiger partial charge is 0.326 e. The lowest BCUT2D eigenvalue weighted by atomic mass is 9.97. The molecular weight excluding hydrogens is 246 g/mol. The van der Waals surface area contributed by atoms with Gasteiger partial charge in [-0.2, -0.15) is 11.8 Å². The lowest BCUT2D eigenvalue weighted by Crippen LogP contribution is -2.51. The Labute approximate surface area is 115 Å². The molecule has 18 heavy (non-hydrogen) atoms. The lowest BCUT2D eigenvalue weighted by molar-refractivity contribution is -0.148. The van der Waals surface area contributed by atoms with Gasteiger partial charge >= 0.3 is 5.97 Å². The van der Waals surface area contributed by atoms with Crippen LogP contribution in [0.25, 0.3) is 0 Å². The summed E-state index contributed by atoms with van der Waals surface area (Å²) in [6.45, 7) is 7.49. The Bertz CT molecular complexity index is 271. The van der Waals surface area contributed by atoms with Gasteiger partial charge in [-0.15, -0.1) is 0 Å². The summed E-state index contributed by atoms with van der Waals surface area (Å²) < 4.78 is 5.00. The van der Waals surface area contributed by atoms with Crippen LogP contribution >= 0.6 is 11.8 Å². The summed E-state index contributed by atoms with van der Waals surface area (Å²) >= 11 is 2.01. The molecule has 0 bridgehead atoms. The van der Waals surface area contributed by atoms with Crippen molar-refractivity contribution in [2.45, 2.75) is 57.2 Å². The molecule has 0 aromatic rings. The van der Waals surface area contributed by atoms with Gasteiger partial charge in [-0.3, -0.25) is 4.79 Å². The number of hydrogen-bond donors (Lipinski definition) is 1. The lowest BCUT2D eigenvalue weighted by Gasteiger charge is -2.27. The summed E-state index contributed by atoms with van der Waals surface area (Å²) in [5.74, 6) is 1.81. The fourth-order valence-corrected chi connectivity index (χ4v) is 3.79. The minimum Gasteiger partial charge on any atom is -0.468 e. The quantitative estimate of drug-likeness (QED) is 0.724. The molecule has 0 amide bonds. The second-order valence-electron chi connectivity index (χ2n) is 5.59. The molecule has 1 fully saturated rings. The van der Waals surface area contributed by atoms with Crippen LogP contribution in [0.3, 0.4) is 0 Å². The maximum absolute atomic E-state index is 12.0. The van der Waals surface area contributed by atoms with Crippen molar-refractivity contribution >= 4 is 17.7 Å². The number of nitrogens with one attached hydrogen (secondary N) is 1. The van der Waals surface area contributed by atoms with Crippen molar-refractivity contribution < 1.29 is 9.53 Å². The first-order chi connectivity index (χ1) is 8.54. The van der Waals surface area contributed by atoms with E-state index >= 15 is 0 Å². The number of thioether (sulfide) groups is 1. The molecule has 1 aliphatic rings. The van der Waals surface area contributed by atoms with E-state index in [1.165, 1.54) is 12.9 Å². The molecule has 106 valence electrons. The van der Waals surface area contributed by atoms with Crippen molar-refractivity contribution in [3.63, 3.8) is 0 Å². The summed E-state index contributed by atoms with van der Waals surface area (Å²) in [5.41, 5.74) is -0.417. The van der Waals surface area contributed by atoms with Crippen LogP contribution in [0.1, 0.15) is 46.5 Å². The zero-order valence-corrected chi connectivity index (χ0v) is 12.9. The van der Waals surface area contributed by atoms with Gasteiger partial charge in [0.25, 0.3) is 0 Å². The molecule has 1 N–H and O–H groups in total. The average Bonchev–Trinajstić information content (AvgIpc) is 2.78. The molecule has 1 rings (SSSR count). The first kappa shape index (κ1) is 15.8. The SMILES string of the molecule is CCCNC1(C(=O)OC)CCC(SCC(C)C)C1. The monoisotopic (exact) mass is 273 g/mol. The summed E-state index contributed by atoms with van der Waals surface area (Å²) in [4.78, 5) is 12.0. The van der Waals surface area contributed by atoms with E-state index in [0.29, 0.717) is 11.2 Å². The minimum atomic E-state index is -0.417. The highest BCUT2D eigenvalue weighted by molar-refractivity contribution is 7.99. The predicted molar refractivity (Wildman–Crippen MR) is 78.0 cm³/mol. The van der Waals surface area contributed by atoms with Crippen LogP contribution in [0, 0.1) is 5.92 Å². The minimum absolute atomic E-state index is 0.0800. The van der Waals surface area contributed by atoms with E-state index in [2.05, 4.69) is 26.1 Å². The van der Waals surface area contributed by atoms with E-state index in [1.807, 2.05) is 11.8 Å². The van der Waals surface area contributed by atoms with E-state index < -0.39 is 5.54 Å². The number of hydrogen-bond acceptors (Lipinski definition) is 4. The third-order valence-electron chi connectivity index (χ3n) is 3.42. The van der Waals surface area contributed by atoms with Crippen LogP contribution in [0.15, 0.2) is 0 Å². The molecule has 3 nitrogen and oxygen atoms in total. The molecule has 0 aliphatic heterocycles. The van der Waals surface area contributed by atoms with Gasteiger partial charge in [-0.05, 0) is 43.9 Å². The molecule has 1 aliphatic carbocycles. The highest BCUT2D eigenvalue weighted by Gasteiger charge is 2.45. The Morgan fingerprint density at radius 3 is 2.83 bits per heavy atom. The van der Waals surface area contributed by atoms with Crippen molar-refractivity contribution in [1.29, 1.82) is 0 Å². The fraction of sp³-hybridized carbons (Fsp3) is 0.929. The van der Waals surface area contributed by atoms with Crippen molar-refractivity contribution in [3.05, 3.63) is 0 Å². The highest BCUT2D eigenvalue weighted by Crippen LogP contribution is 2.38. The standard InChI is InChI=1S/C14H27NO2S/c1-5-8-15-14(13(16)17-4)7-6-12(9-14)18-10-11(2)3/h11-12,15H,5-10H2,1-4H3. The number of rotatable bonds is 7. The van der Waals surface area contributed by atoms with Crippen LogP contribution in [-0.2, 0) is 9.53 Å². The second kappa shape index (κ2) is 7.39. The summed E-state index contributed by atoms with van der Waals surface area (Å²) in [5, 5.41) is 4.02. The molecule has 2 atom stereocenters. The Kier molecular flexibility index (Phi) is 6.50. The molecule has 0 saturated heterocycles. The van der Waals surface area contributed by atoms with Crippen LogP contribution in [-0.4, -0.2) is 36.2 Å². The van der Waals surface area contributed by atoms with Gasteiger partial charge in [0.05, 0.1) is 7.11 Å². The third-order valence-corrected chi connectivity index (χ3v) is 5.16. The topological polar surface area (TPSA) is 38.3 Å². The first-order valence-corrected chi connectivity index (χ1v) is 8.04. The Morgan fingerprint density at radius 1 is 1.56 bits per heavy atom. The number of esters is 1. The number of ether oxygens (including phenoxy) is 1. The number of carbonyl (C=O) groups is 1. The van der Waals surface area contributed by atoms with Gasteiger partial charge in [0.15, 0.2) is 0 Å². The first-order valence-electron chi connectivity index (χ1n) is 6.99. The van der Waals surface area contributed by atoms with Gasteiger partial charge in [0.1, 0.15) is 5.54 Å². The number of carbonyl (C=O) groups excluding carboxylic acids is 1. The van der Waals surface area contributed by atoms with Crippen LogP contribution in [0.2, 0.25) is 0 Å². The largest absolute Gasteiger partial charge is 0.468 e. The maximum atomic E-state index is 12.0. The van der Waals surface area contributed by atoms with E-state index in [-0.39, 0.29) is 5.97 Å². The predicted octanol–water partition coefficient (Wildman–Crippen LogP) is 2.84. The van der Waals surface area contributed by atoms with Crippen LogP contribution in [0.5, 0.6) is 0 Å². The Morgan fingerprint density at radius 2 is 2.28 bits per heavy atom. The van der Waals surface area contributed by atoms with Crippen molar-refractivity contribution in [2.24, 2.45) is 5.92 Å². The average molecular weight is 273 g/mol. The van der Waals surface area contributed by atoms with Crippen LogP contribution in [0.4, 0.5) is 0 Å². The maximum Gasteiger partial charge on any atom is 0.326 e. The molecule has 1 saturated carbocycles. The summed E-state index contributed by atoms with van der Waals surface area (Å²) in [7, 11) is 1.49. The molecule has 0 aromatic heterocycles. The highest BCUT2D eigenvalue weighted by atomic mass is 32.2. The Hall–Kier alpha value is -0.220. The zero-order valence-electron chi connectivity index (χ0n) is 12.1. The Balaban J connectivity index is 2.56. The van der Waals surface area contributed by atoms with Gasteiger partial charge in [-0.25, -0.2) is 0 Å². The van der Waals surface area contributed by atoms with Gasteiger partial charge in [0.2, 0.25) is 0 Å². The van der Waals surface area contributed by atoms with Gasteiger partial charge in [-0.1, -0.05) is 20.8 Å². The van der Waals surface area contributed by atoms with E-state index in [4.69, 9.17) is 4.74 Å². The van der Waals surface area contributed by atoms with Crippen molar-refractivity contribution in [2.75, 3.05) is 19.4 Å². The summed E-state index contributed by atoms with van der Waals surface area (Å²) in [6.07, 6.45) is 3.98. The normalized spacial score (nSPS) is 27.7. The van der Waals surface area contributed by atoms with Crippen molar-refractivity contribution in [3.8, 4) is 0 Å². The zero-order chi connectivity index (χ0) is 13.6. The van der Waals surface area contributed by atoms with E-state index in [0.717, 1.165) is 32.2 Å². The molecule has 0 radical (unpaired) electrons. The molecule has 0 spiro atoms. The van der Waals surface area contributed by atoms with Crippen molar-refractivity contribution in [1.82, 2.24) is 5.32 Å². The molecule has 0 aromatic carbocycles. The van der Waals surface area contributed by atoms with Gasteiger partial charge in [0, 0.05) is 5.25 Å². The number of methoxy groups -OCH3 is 1. The molecular formula is C14H27NO2S. The molecule has 4 heteroatoms.